The fourth-order valence-corrected chi connectivity index (χ4v) is 7.03. The number of benzene rings is 2. The zero-order chi connectivity index (χ0) is 22.5. The molecule has 2 heterocycles. The quantitative estimate of drug-likeness (QED) is 0.495. The van der Waals surface area contributed by atoms with Crippen LogP contribution in [0.25, 0.3) is 0 Å². The number of aromatic hydroxyl groups is 1. The third kappa shape index (κ3) is 2.33. The number of rotatable bonds is 2. The molecule has 2 bridgehead atoms. The number of phenolic OH excluding ortho intramolecular Hbond substituents is 1. The molecule has 6 rings (SSSR count). The number of hydrogen-bond acceptors (Lipinski definition) is 5. The number of likely N-dealkylation sites (tertiary alicyclic amines) is 1. The van der Waals surface area contributed by atoms with Crippen molar-refractivity contribution in [1.82, 2.24) is 5.32 Å². The maximum absolute atomic E-state index is 13.4. The molecule has 1 spiro atoms. The molecule has 168 valence electrons. The van der Waals surface area contributed by atoms with Gasteiger partial charge in [0.2, 0.25) is 0 Å². The zero-order valence-corrected chi connectivity index (χ0v) is 18.3. The predicted molar refractivity (Wildman–Crippen MR) is 117 cm³/mol. The first kappa shape index (κ1) is 20.0. The van der Waals surface area contributed by atoms with E-state index in [1.807, 2.05) is 25.1 Å². The number of aryl methyl sites for hydroxylation is 1. The smallest absolute Gasteiger partial charge is 0.251 e. The normalized spacial score (nSPS) is 38.6. The van der Waals surface area contributed by atoms with E-state index < -0.39 is 27.8 Å². The predicted octanol–water partition coefficient (Wildman–Crippen LogP) is 2.30. The van der Waals surface area contributed by atoms with E-state index in [1.165, 1.54) is 0 Å². The lowest BCUT2D eigenvalue weighted by atomic mass is 9.48. The number of likely N-dealkylation sites (N-methyl/N-ethyl adjacent to an activating group) is 1. The van der Waals surface area contributed by atoms with E-state index >= 15 is 0 Å². The molecule has 32 heavy (non-hydrogen) atoms. The minimum atomic E-state index is -1.25. The summed E-state index contributed by atoms with van der Waals surface area (Å²) in [5.41, 5.74) is 1.39. The van der Waals surface area contributed by atoms with Crippen molar-refractivity contribution < 1.29 is 24.4 Å². The van der Waals surface area contributed by atoms with E-state index in [1.54, 1.807) is 25.2 Å². The lowest BCUT2D eigenvalue weighted by Gasteiger charge is -2.67. The minimum Gasteiger partial charge on any atom is -0.633 e. The second-order valence-corrected chi connectivity index (χ2v) is 10.2. The van der Waals surface area contributed by atoms with Gasteiger partial charge in [-0.2, -0.15) is 0 Å². The summed E-state index contributed by atoms with van der Waals surface area (Å²) in [5.74, 6) is 0.262. The Morgan fingerprint density at radius 1 is 1.22 bits per heavy atom. The molecule has 7 nitrogen and oxygen atoms in total. The number of phenols is 1. The molecule has 2 aromatic rings. The summed E-state index contributed by atoms with van der Waals surface area (Å²) in [6, 6.07) is 10.0. The number of hydroxylamine groups is 3. The summed E-state index contributed by atoms with van der Waals surface area (Å²) in [7, 11) is 1.65. The molecule has 6 atom stereocenters. The first-order valence-electron chi connectivity index (χ1n) is 11.4. The van der Waals surface area contributed by atoms with Crippen molar-refractivity contribution in [3.8, 4) is 11.5 Å². The van der Waals surface area contributed by atoms with Crippen LogP contribution in [-0.4, -0.2) is 58.1 Å². The van der Waals surface area contributed by atoms with Crippen LogP contribution in [0.3, 0.4) is 0 Å². The Morgan fingerprint density at radius 3 is 2.72 bits per heavy atom. The van der Waals surface area contributed by atoms with Crippen molar-refractivity contribution in [2.24, 2.45) is 0 Å². The van der Waals surface area contributed by atoms with Gasteiger partial charge in [-0.15, -0.1) is 0 Å². The van der Waals surface area contributed by atoms with Crippen molar-refractivity contribution in [1.29, 1.82) is 0 Å². The van der Waals surface area contributed by atoms with Gasteiger partial charge in [0.25, 0.3) is 5.91 Å². The van der Waals surface area contributed by atoms with Gasteiger partial charge < -0.3 is 30.1 Å². The Kier molecular flexibility index (Phi) is 3.91. The van der Waals surface area contributed by atoms with E-state index in [0.29, 0.717) is 43.5 Å². The molecule has 2 aliphatic carbocycles. The van der Waals surface area contributed by atoms with Gasteiger partial charge in [-0.25, -0.2) is 0 Å². The fraction of sp³-hybridized carbons (Fsp3) is 0.480. The van der Waals surface area contributed by atoms with E-state index in [0.717, 1.165) is 16.7 Å². The molecule has 7 heteroatoms. The highest BCUT2D eigenvalue weighted by Crippen LogP contribution is 2.66. The number of piperidine rings is 1. The Balaban J connectivity index is 1.45. The molecule has 3 N–H and O–H groups in total. The highest BCUT2D eigenvalue weighted by Gasteiger charge is 2.75. The number of hydrogen-bond donors (Lipinski definition) is 3. The number of ether oxygens (including phenoxy) is 1. The van der Waals surface area contributed by atoms with Gasteiger partial charge in [0.1, 0.15) is 17.7 Å². The van der Waals surface area contributed by atoms with Crippen molar-refractivity contribution in [2.75, 3.05) is 13.6 Å². The number of amides is 1. The standard InChI is InChI=1S/C25H28N2O5/c1-14-3-5-15(6-4-14)23(29)26-17-9-10-25(30)19-13-16-7-8-18(28)21-20(16)24(25,22(17)32-21)11-12-27(19,2)31/h3-8,17,19,22,28,30H,9-13H2,1-2H3,(H,26,29)/t17-,19-,22+,24+,25-,27?/m1/s1. The minimum absolute atomic E-state index is 0.0434. The van der Waals surface area contributed by atoms with E-state index in [4.69, 9.17) is 4.74 Å². The van der Waals surface area contributed by atoms with Crippen LogP contribution < -0.4 is 10.1 Å². The third-order valence-electron chi connectivity index (χ3n) is 8.58. The lowest BCUT2D eigenvalue weighted by Crippen LogP contribution is -2.80. The first-order chi connectivity index (χ1) is 15.2. The summed E-state index contributed by atoms with van der Waals surface area (Å²) in [6.07, 6.45) is 1.27. The second-order valence-electron chi connectivity index (χ2n) is 10.2. The highest BCUT2D eigenvalue weighted by molar-refractivity contribution is 5.94. The van der Waals surface area contributed by atoms with Gasteiger partial charge in [-0.1, -0.05) is 23.8 Å². The molecule has 0 aromatic heterocycles. The van der Waals surface area contributed by atoms with Crippen molar-refractivity contribution in [3.63, 3.8) is 0 Å². The van der Waals surface area contributed by atoms with Crippen LogP contribution in [0.1, 0.15) is 46.3 Å². The molecule has 1 saturated heterocycles. The molecule has 4 aliphatic rings. The Hall–Kier alpha value is -2.61. The van der Waals surface area contributed by atoms with Gasteiger partial charge in [-0.05, 0) is 43.5 Å². The van der Waals surface area contributed by atoms with Crippen molar-refractivity contribution in [3.05, 3.63) is 63.9 Å². The molecule has 2 aromatic carbocycles. The van der Waals surface area contributed by atoms with Crippen molar-refractivity contribution in [2.45, 2.75) is 61.8 Å². The van der Waals surface area contributed by atoms with Crippen LogP contribution in [-0.2, 0) is 11.8 Å². The summed E-state index contributed by atoms with van der Waals surface area (Å²) in [5, 5.41) is 39.3. The van der Waals surface area contributed by atoms with E-state index in [2.05, 4.69) is 5.32 Å². The molecule has 0 radical (unpaired) electrons. The first-order valence-corrected chi connectivity index (χ1v) is 11.4. The van der Waals surface area contributed by atoms with Gasteiger partial charge in [-0.3, -0.25) is 4.79 Å². The Morgan fingerprint density at radius 2 is 1.97 bits per heavy atom. The summed E-state index contributed by atoms with van der Waals surface area (Å²) >= 11 is 0. The van der Waals surface area contributed by atoms with Crippen LogP contribution in [0.15, 0.2) is 36.4 Å². The number of aliphatic hydroxyl groups is 1. The van der Waals surface area contributed by atoms with Crippen LogP contribution in [0, 0.1) is 12.1 Å². The second kappa shape index (κ2) is 6.25. The van der Waals surface area contributed by atoms with Gasteiger partial charge >= 0.3 is 0 Å². The summed E-state index contributed by atoms with van der Waals surface area (Å²) in [6.45, 7) is 2.33. The number of quaternary nitrogens is 1. The summed E-state index contributed by atoms with van der Waals surface area (Å²) in [4.78, 5) is 13.0. The average Bonchev–Trinajstić information content (AvgIpc) is 3.11. The molecule has 2 aliphatic heterocycles. The maximum Gasteiger partial charge on any atom is 0.251 e. The van der Waals surface area contributed by atoms with Crippen LogP contribution in [0.5, 0.6) is 11.5 Å². The monoisotopic (exact) mass is 436 g/mol. The van der Waals surface area contributed by atoms with Crippen LogP contribution in [0.4, 0.5) is 0 Å². The van der Waals surface area contributed by atoms with Crippen LogP contribution in [0.2, 0.25) is 0 Å². The topological polar surface area (TPSA) is 102 Å². The van der Waals surface area contributed by atoms with E-state index in [9.17, 15) is 20.2 Å². The number of nitrogens with one attached hydrogen (secondary N) is 1. The molecule has 1 saturated carbocycles. The van der Waals surface area contributed by atoms with E-state index in [-0.39, 0.29) is 17.7 Å². The van der Waals surface area contributed by atoms with Gasteiger partial charge in [0, 0.05) is 24.0 Å². The Labute approximate surface area is 186 Å². The largest absolute Gasteiger partial charge is 0.633 e. The number of nitrogens with zero attached hydrogens (tertiary/aromatic N) is 1. The SMILES string of the molecule is Cc1ccc(C(=O)N[C@@H]2CC[C@@]3(O)[C@H]4Cc5ccc(O)c6c5[C@@]3(CC[N+]4(C)[O-])[C@H]2O6)cc1. The molecular weight excluding hydrogens is 408 g/mol. The number of carbonyl (C=O) groups is 1. The van der Waals surface area contributed by atoms with Crippen LogP contribution >= 0.6 is 0 Å². The summed E-state index contributed by atoms with van der Waals surface area (Å²) < 4.78 is 5.89. The number of carbonyl (C=O) groups excluding carboxylic acids is 1. The van der Waals surface area contributed by atoms with Crippen molar-refractivity contribution >= 4 is 5.91 Å². The molecule has 1 amide bonds. The zero-order valence-electron chi connectivity index (χ0n) is 18.3. The molecule has 1 unspecified atom stereocenters. The van der Waals surface area contributed by atoms with Gasteiger partial charge in [0.05, 0.1) is 25.0 Å². The molecule has 2 fully saturated rings. The fourth-order valence-electron chi connectivity index (χ4n) is 7.03. The average molecular weight is 437 g/mol. The van der Waals surface area contributed by atoms with Gasteiger partial charge in [0.15, 0.2) is 11.5 Å². The Bertz CT molecular complexity index is 1130. The molecular formula is C25H28N2O5. The maximum atomic E-state index is 13.4. The highest BCUT2D eigenvalue weighted by atomic mass is 16.6. The lowest BCUT2D eigenvalue weighted by molar-refractivity contribution is -0.904. The third-order valence-corrected chi connectivity index (χ3v) is 8.58.